The number of imide groups is 1. The highest BCUT2D eigenvalue weighted by Gasteiger charge is 2.36. The van der Waals surface area contributed by atoms with Gasteiger partial charge in [0.25, 0.3) is 16.8 Å². The lowest BCUT2D eigenvalue weighted by Gasteiger charge is -2.13. The maximum absolute atomic E-state index is 12.8. The van der Waals surface area contributed by atoms with E-state index in [1.807, 2.05) is 26.0 Å². The highest BCUT2D eigenvalue weighted by atomic mass is 35.5. The number of aryl methyl sites for hydroxylation is 2. The van der Waals surface area contributed by atoms with E-state index in [4.69, 9.17) is 16.0 Å². The summed E-state index contributed by atoms with van der Waals surface area (Å²) < 4.78 is 5.69. The molecule has 1 N–H and O–H groups in total. The molecule has 0 spiro atoms. The van der Waals surface area contributed by atoms with E-state index >= 15 is 0 Å². The van der Waals surface area contributed by atoms with Crippen LogP contribution in [0.4, 0.5) is 16.2 Å². The maximum Gasteiger partial charge on any atom is 0.294 e. The van der Waals surface area contributed by atoms with Gasteiger partial charge < -0.3 is 9.73 Å². The van der Waals surface area contributed by atoms with Crippen LogP contribution in [-0.4, -0.2) is 33.4 Å². The first-order chi connectivity index (χ1) is 16.6. The van der Waals surface area contributed by atoms with Gasteiger partial charge in [0.15, 0.2) is 0 Å². The first-order valence-corrected chi connectivity index (χ1v) is 11.5. The minimum Gasteiger partial charge on any atom is -0.457 e. The Bertz CT molecular complexity index is 1410. The number of furan rings is 1. The summed E-state index contributed by atoms with van der Waals surface area (Å²) in [5, 5.41) is 13.4. The summed E-state index contributed by atoms with van der Waals surface area (Å²) in [6.07, 6.45) is 1.38. The van der Waals surface area contributed by atoms with Crippen molar-refractivity contribution in [1.82, 2.24) is 4.90 Å². The highest BCUT2D eigenvalue weighted by molar-refractivity contribution is 8.18. The van der Waals surface area contributed by atoms with E-state index in [-0.39, 0.29) is 27.1 Å². The van der Waals surface area contributed by atoms with E-state index in [0.29, 0.717) is 23.0 Å². The fraction of sp³-hybridized carbons (Fsp3) is 0.125. The third-order valence-electron chi connectivity index (χ3n) is 5.29. The van der Waals surface area contributed by atoms with Crippen molar-refractivity contribution >= 4 is 57.9 Å². The second-order valence-corrected chi connectivity index (χ2v) is 9.14. The van der Waals surface area contributed by atoms with Crippen molar-refractivity contribution in [3.63, 3.8) is 0 Å². The molecule has 178 valence electrons. The molecular formula is C24H18ClN3O6S. The zero-order chi connectivity index (χ0) is 25.3. The molecule has 1 aliphatic rings. The predicted molar refractivity (Wildman–Crippen MR) is 133 cm³/mol. The van der Waals surface area contributed by atoms with Crippen molar-refractivity contribution in [3.05, 3.63) is 85.5 Å². The summed E-state index contributed by atoms with van der Waals surface area (Å²) >= 11 is 6.84. The number of amides is 3. The molecule has 1 aromatic heterocycles. The average molecular weight is 512 g/mol. The average Bonchev–Trinajstić information content (AvgIpc) is 3.36. The summed E-state index contributed by atoms with van der Waals surface area (Å²) in [6, 6.07) is 12.5. The highest BCUT2D eigenvalue weighted by Crippen LogP contribution is 2.35. The number of carbonyl (C=O) groups is 3. The van der Waals surface area contributed by atoms with Crippen LogP contribution >= 0.6 is 23.4 Å². The van der Waals surface area contributed by atoms with Crippen molar-refractivity contribution in [2.75, 3.05) is 11.9 Å². The van der Waals surface area contributed by atoms with Crippen LogP contribution in [0.5, 0.6) is 0 Å². The van der Waals surface area contributed by atoms with Gasteiger partial charge in [-0.15, -0.1) is 0 Å². The normalized spacial score (nSPS) is 14.6. The molecule has 1 aliphatic heterocycles. The fourth-order valence-electron chi connectivity index (χ4n) is 3.32. The van der Waals surface area contributed by atoms with Gasteiger partial charge in [-0.3, -0.25) is 29.4 Å². The predicted octanol–water partition coefficient (Wildman–Crippen LogP) is 5.80. The number of non-ortho nitro benzene ring substituents is 1. The summed E-state index contributed by atoms with van der Waals surface area (Å²) in [5.41, 5.74) is 2.82. The molecule has 0 atom stereocenters. The Morgan fingerprint density at radius 2 is 1.91 bits per heavy atom. The van der Waals surface area contributed by atoms with Crippen molar-refractivity contribution in [3.8, 4) is 11.3 Å². The third-order valence-corrected chi connectivity index (χ3v) is 6.53. The Morgan fingerprint density at radius 3 is 2.63 bits per heavy atom. The standard InChI is InChI=1S/C24H18ClN3O6S/c1-13-3-4-15(9-14(13)2)26-22(29)12-27-23(30)21(35-24(27)31)11-17-6-8-20(34-17)18-10-16(28(32)33)5-7-19(18)25/h3-11H,12H2,1-2H3,(H,26,29)/b21-11+. The molecule has 2 aromatic carbocycles. The largest absolute Gasteiger partial charge is 0.457 e. The van der Waals surface area contributed by atoms with E-state index in [2.05, 4.69) is 5.32 Å². The van der Waals surface area contributed by atoms with Crippen LogP contribution in [0.3, 0.4) is 0 Å². The number of carbonyl (C=O) groups excluding carboxylic acids is 3. The Labute approximate surface area is 208 Å². The Kier molecular flexibility index (Phi) is 6.77. The van der Waals surface area contributed by atoms with Crippen molar-refractivity contribution in [2.45, 2.75) is 13.8 Å². The SMILES string of the molecule is Cc1ccc(NC(=O)CN2C(=O)S/C(=C/c3ccc(-c4cc([N+](=O)[O-])ccc4Cl)o3)C2=O)cc1C. The van der Waals surface area contributed by atoms with E-state index in [1.165, 1.54) is 24.3 Å². The molecule has 0 bridgehead atoms. The molecule has 0 aliphatic carbocycles. The van der Waals surface area contributed by atoms with Crippen molar-refractivity contribution < 1.29 is 23.7 Å². The minimum atomic E-state index is -0.624. The number of rotatable bonds is 6. The molecule has 35 heavy (non-hydrogen) atoms. The molecule has 1 fully saturated rings. The minimum absolute atomic E-state index is 0.0834. The van der Waals surface area contributed by atoms with Gasteiger partial charge in [0, 0.05) is 29.5 Å². The Morgan fingerprint density at radius 1 is 1.14 bits per heavy atom. The van der Waals surface area contributed by atoms with Crippen LogP contribution in [-0.2, 0) is 9.59 Å². The van der Waals surface area contributed by atoms with Gasteiger partial charge in [0.2, 0.25) is 5.91 Å². The zero-order valence-corrected chi connectivity index (χ0v) is 20.1. The topological polar surface area (TPSA) is 123 Å². The van der Waals surface area contributed by atoms with E-state index in [9.17, 15) is 24.5 Å². The van der Waals surface area contributed by atoms with Crippen LogP contribution in [0.1, 0.15) is 16.9 Å². The molecule has 0 unspecified atom stereocenters. The number of benzene rings is 2. The van der Waals surface area contributed by atoms with Gasteiger partial charge in [0.1, 0.15) is 18.1 Å². The number of nitro groups is 1. The summed E-state index contributed by atoms with van der Waals surface area (Å²) in [6.45, 7) is 3.44. The van der Waals surface area contributed by atoms with Crippen molar-refractivity contribution in [2.24, 2.45) is 0 Å². The molecule has 11 heteroatoms. The number of halogens is 1. The third kappa shape index (κ3) is 5.28. The zero-order valence-electron chi connectivity index (χ0n) is 18.5. The van der Waals surface area contributed by atoms with Crippen LogP contribution in [0.15, 0.2) is 57.9 Å². The second-order valence-electron chi connectivity index (χ2n) is 7.74. The summed E-state index contributed by atoms with van der Waals surface area (Å²) in [5.74, 6) is -0.622. The Hall–Kier alpha value is -3.89. The van der Waals surface area contributed by atoms with Crippen LogP contribution < -0.4 is 5.32 Å². The second kappa shape index (κ2) is 9.77. The number of hydrogen-bond donors (Lipinski definition) is 1. The molecule has 1 saturated heterocycles. The number of hydrogen-bond acceptors (Lipinski definition) is 7. The summed E-state index contributed by atoms with van der Waals surface area (Å²) in [7, 11) is 0. The molecular weight excluding hydrogens is 494 g/mol. The molecule has 0 radical (unpaired) electrons. The lowest BCUT2D eigenvalue weighted by Crippen LogP contribution is -2.36. The van der Waals surface area contributed by atoms with Gasteiger partial charge in [-0.1, -0.05) is 17.7 Å². The van der Waals surface area contributed by atoms with Gasteiger partial charge in [-0.05, 0) is 67.1 Å². The summed E-state index contributed by atoms with van der Waals surface area (Å²) in [4.78, 5) is 49.0. The Balaban J connectivity index is 1.48. The van der Waals surface area contributed by atoms with Gasteiger partial charge in [0.05, 0.1) is 14.9 Å². The molecule has 3 aromatic rings. The number of nitrogens with zero attached hydrogens (tertiary/aromatic N) is 2. The fourth-order valence-corrected chi connectivity index (χ4v) is 4.35. The molecule has 9 nitrogen and oxygen atoms in total. The van der Waals surface area contributed by atoms with E-state index in [1.54, 1.807) is 18.2 Å². The van der Waals surface area contributed by atoms with Crippen LogP contribution in [0.25, 0.3) is 17.4 Å². The number of anilines is 1. The molecule has 4 rings (SSSR count). The molecule has 0 saturated carbocycles. The van der Waals surface area contributed by atoms with Gasteiger partial charge >= 0.3 is 0 Å². The van der Waals surface area contributed by atoms with Crippen LogP contribution in [0, 0.1) is 24.0 Å². The lowest BCUT2D eigenvalue weighted by molar-refractivity contribution is -0.384. The monoisotopic (exact) mass is 511 g/mol. The molecule has 3 amide bonds. The van der Waals surface area contributed by atoms with Crippen molar-refractivity contribution in [1.29, 1.82) is 0 Å². The first-order valence-electron chi connectivity index (χ1n) is 10.3. The quantitative estimate of drug-likeness (QED) is 0.252. The number of thioether (sulfide) groups is 1. The van der Waals surface area contributed by atoms with E-state index < -0.39 is 28.5 Å². The molecule has 2 heterocycles. The number of nitrogens with one attached hydrogen (secondary N) is 1. The number of nitro benzene ring substituents is 1. The first kappa shape index (κ1) is 24.2. The van der Waals surface area contributed by atoms with Gasteiger partial charge in [-0.2, -0.15) is 0 Å². The lowest BCUT2D eigenvalue weighted by atomic mass is 10.1. The van der Waals surface area contributed by atoms with Gasteiger partial charge in [-0.25, -0.2) is 0 Å². The van der Waals surface area contributed by atoms with E-state index in [0.717, 1.165) is 16.0 Å². The smallest absolute Gasteiger partial charge is 0.294 e. The van der Waals surface area contributed by atoms with Crippen LogP contribution in [0.2, 0.25) is 5.02 Å². The maximum atomic E-state index is 12.8.